The fourth-order valence-electron chi connectivity index (χ4n) is 2.92. The van der Waals surface area contributed by atoms with E-state index in [1.807, 2.05) is 13.1 Å². The van der Waals surface area contributed by atoms with Gasteiger partial charge in [0.05, 0.1) is 25.9 Å². The lowest BCUT2D eigenvalue weighted by atomic mass is 9.99. The summed E-state index contributed by atoms with van der Waals surface area (Å²) in [6.45, 7) is 5.67. The molecule has 1 saturated heterocycles. The first-order valence-corrected chi connectivity index (χ1v) is 7.54. The van der Waals surface area contributed by atoms with Gasteiger partial charge >= 0.3 is 0 Å². The Bertz CT molecular complexity index is 454. The van der Waals surface area contributed by atoms with Crippen molar-refractivity contribution in [2.24, 2.45) is 0 Å². The molecule has 0 amide bonds. The molecule has 21 heavy (non-hydrogen) atoms. The van der Waals surface area contributed by atoms with Crippen LogP contribution in [-0.4, -0.2) is 51.4 Å². The average Bonchev–Trinajstić information content (AvgIpc) is 2.50. The molecule has 1 aromatic rings. The zero-order chi connectivity index (χ0) is 15.2. The molecule has 1 aliphatic rings. The van der Waals surface area contributed by atoms with E-state index in [1.165, 1.54) is 7.11 Å². The van der Waals surface area contributed by atoms with Gasteiger partial charge in [0.25, 0.3) is 0 Å². The molecule has 0 aliphatic carbocycles. The van der Waals surface area contributed by atoms with Gasteiger partial charge in [0, 0.05) is 18.7 Å². The van der Waals surface area contributed by atoms with Crippen molar-refractivity contribution in [1.29, 1.82) is 0 Å². The smallest absolute Gasteiger partial charge is 0.169 e. The van der Waals surface area contributed by atoms with E-state index < -0.39 is 0 Å². The number of hydrogen-bond acceptors (Lipinski definition) is 4. The molecule has 1 N–H and O–H groups in total. The van der Waals surface area contributed by atoms with Crippen LogP contribution < -0.4 is 10.1 Å². The van der Waals surface area contributed by atoms with Gasteiger partial charge in [-0.15, -0.1) is 0 Å². The van der Waals surface area contributed by atoms with Gasteiger partial charge in [0.15, 0.2) is 11.6 Å². The van der Waals surface area contributed by atoms with Crippen LogP contribution in [0.15, 0.2) is 18.2 Å². The molecule has 4 nitrogen and oxygen atoms in total. The molecule has 0 saturated carbocycles. The van der Waals surface area contributed by atoms with Crippen LogP contribution in [0.1, 0.15) is 24.9 Å². The van der Waals surface area contributed by atoms with Crippen molar-refractivity contribution >= 4 is 0 Å². The summed E-state index contributed by atoms with van der Waals surface area (Å²) in [5.74, 6) is -0.0375. The Labute approximate surface area is 126 Å². The maximum absolute atomic E-state index is 14.5. The van der Waals surface area contributed by atoms with E-state index in [-0.39, 0.29) is 23.7 Å². The highest BCUT2D eigenvalue weighted by atomic mass is 19.1. The summed E-state index contributed by atoms with van der Waals surface area (Å²) in [6.07, 6.45) is 1.06. The minimum Gasteiger partial charge on any atom is -0.494 e. The molecule has 1 aromatic carbocycles. The monoisotopic (exact) mass is 296 g/mol. The molecular formula is C16H25FN2O2. The number of morpholine rings is 1. The first-order valence-electron chi connectivity index (χ1n) is 7.54. The number of nitrogens with zero attached hydrogens (tertiary/aromatic N) is 1. The number of nitrogens with one attached hydrogen (secondary N) is 1. The molecule has 1 heterocycles. The average molecular weight is 296 g/mol. The third-order valence-corrected chi connectivity index (χ3v) is 3.95. The third kappa shape index (κ3) is 3.73. The third-order valence-electron chi connectivity index (χ3n) is 3.95. The fraction of sp³-hybridized carbons (Fsp3) is 0.625. The first-order chi connectivity index (χ1) is 10.2. The largest absolute Gasteiger partial charge is 0.494 e. The van der Waals surface area contributed by atoms with Crippen molar-refractivity contribution in [3.63, 3.8) is 0 Å². The Kier molecular flexibility index (Phi) is 5.96. The summed E-state index contributed by atoms with van der Waals surface area (Å²) >= 11 is 0. The highest BCUT2D eigenvalue weighted by molar-refractivity contribution is 5.33. The van der Waals surface area contributed by atoms with Crippen LogP contribution in [-0.2, 0) is 4.74 Å². The molecule has 2 rings (SSSR count). The molecule has 0 spiro atoms. The first kappa shape index (κ1) is 16.2. The van der Waals surface area contributed by atoms with Gasteiger partial charge in [-0.3, -0.25) is 4.90 Å². The van der Waals surface area contributed by atoms with Crippen LogP contribution in [0, 0.1) is 5.82 Å². The molecule has 118 valence electrons. The second-order valence-corrected chi connectivity index (χ2v) is 5.34. The van der Waals surface area contributed by atoms with E-state index in [0.717, 1.165) is 26.1 Å². The standard InChI is InChI=1S/C16H25FN2O2/c1-4-8-19-9-10-21-14(11-19)16(18-2)12-6-5-7-13(20-3)15(12)17/h5-7,14,16,18H,4,8-11H2,1-3H3. The number of benzene rings is 1. The lowest BCUT2D eigenvalue weighted by Crippen LogP contribution is -2.48. The summed E-state index contributed by atoms with van der Waals surface area (Å²) in [7, 11) is 3.32. The number of rotatable bonds is 6. The summed E-state index contributed by atoms with van der Waals surface area (Å²) in [6, 6.07) is 5.06. The predicted molar refractivity (Wildman–Crippen MR) is 81.2 cm³/mol. The van der Waals surface area contributed by atoms with Crippen LogP contribution >= 0.6 is 0 Å². The van der Waals surface area contributed by atoms with E-state index in [1.54, 1.807) is 12.1 Å². The van der Waals surface area contributed by atoms with Crippen LogP contribution in [0.4, 0.5) is 4.39 Å². The number of ether oxygens (including phenoxy) is 2. The van der Waals surface area contributed by atoms with Gasteiger partial charge < -0.3 is 14.8 Å². The predicted octanol–water partition coefficient (Wildman–Crippen LogP) is 2.21. The lowest BCUT2D eigenvalue weighted by Gasteiger charge is -2.37. The van der Waals surface area contributed by atoms with Crippen LogP contribution in [0.3, 0.4) is 0 Å². The summed E-state index contributed by atoms with van der Waals surface area (Å²) in [4.78, 5) is 2.37. The number of likely N-dealkylation sites (N-methyl/N-ethyl adjacent to an activating group) is 1. The molecule has 1 fully saturated rings. The maximum atomic E-state index is 14.5. The van der Waals surface area contributed by atoms with Gasteiger partial charge in [-0.25, -0.2) is 4.39 Å². The van der Waals surface area contributed by atoms with Crippen LogP contribution in [0.5, 0.6) is 5.75 Å². The van der Waals surface area contributed by atoms with Gasteiger partial charge in [0.2, 0.25) is 0 Å². The minimum absolute atomic E-state index is 0.0584. The number of hydrogen-bond donors (Lipinski definition) is 1. The van der Waals surface area contributed by atoms with Gasteiger partial charge in [-0.2, -0.15) is 0 Å². The number of methoxy groups -OCH3 is 1. The molecule has 2 atom stereocenters. The topological polar surface area (TPSA) is 33.7 Å². The SMILES string of the molecule is CCCN1CCOC(C(NC)c2cccc(OC)c2F)C1. The Morgan fingerprint density at radius 3 is 3.00 bits per heavy atom. The lowest BCUT2D eigenvalue weighted by molar-refractivity contribution is -0.0464. The zero-order valence-corrected chi connectivity index (χ0v) is 13.1. The highest BCUT2D eigenvalue weighted by Crippen LogP contribution is 2.29. The molecule has 0 aromatic heterocycles. The van der Waals surface area contributed by atoms with E-state index in [4.69, 9.17) is 9.47 Å². The quantitative estimate of drug-likeness (QED) is 0.872. The van der Waals surface area contributed by atoms with Gasteiger partial charge in [-0.05, 0) is 26.1 Å². The van der Waals surface area contributed by atoms with Crippen molar-refractivity contribution in [2.45, 2.75) is 25.5 Å². The summed E-state index contributed by atoms with van der Waals surface area (Å²) < 4.78 is 25.4. The Morgan fingerprint density at radius 2 is 2.33 bits per heavy atom. The van der Waals surface area contributed by atoms with E-state index in [2.05, 4.69) is 17.1 Å². The molecule has 1 aliphatic heterocycles. The van der Waals surface area contributed by atoms with Crippen molar-refractivity contribution in [3.05, 3.63) is 29.6 Å². The van der Waals surface area contributed by atoms with Gasteiger partial charge in [0.1, 0.15) is 0 Å². The van der Waals surface area contributed by atoms with Crippen LogP contribution in [0.25, 0.3) is 0 Å². The van der Waals surface area contributed by atoms with Crippen molar-refractivity contribution in [1.82, 2.24) is 10.2 Å². The molecule has 2 unspecified atom stereocenters. The van der Waals surface area contributed by atoms with E-state index in [0.29, 0.717) is 12.2 Å². The van der Waals surface area contributed by atoms with E-state index >= 15 is 0 Å². The van der Waals surface area contributed by atoms with Gasteiger partial charge in [-0.1, -0.05) is 19.1 Å². The molecule has 0 bridgehead atoms. The second-order valence-electron chi connectivity index (χ2n) is 5.34. The summed E-state index contributed by atoms with van der Waals surface area (Å²) in [5.41, 5.74) is 0.597. The van der Waals surface area contributed by atoms with Crippen molar-refractivity contribution < 1.29 is 13.9 Å². The molecule has 5 heteroatoms. The zero-order valence-electron chi connectivity index (χ0n) is 13.1. The highest BCUT2D eigenvalue weighted by Gasteiger charge is 2.30. The Balaban J connectivity index is 2.19. The Hall–Kier alpha value is -1.17. The second kappa shape index (κ2) is 7.73. The van der Waals surface area contributed by atoms with E-state index in [9.17, 15) is 4.39 Å². The Morgan fingerprint density at radius 1 is 1.52 bits per heavy atom. The van der Waals surface area contributed by atoms with Crippen molar-refractivity contribution in [3.8, 4) is 5.75 Å². The van der Waals surface area contributed by atoms with Crippen LogP contribution in [0.2, 0.25) is 0 Å². The van der Waals surface area contributed by atoms with Crippen molar-refractivity contribution in [2.75, 3.05) is 40.4 Å². The summed E-state index contributed by atoms with van der Waals surface area (Å²) in [5, 5.41) is 3.20. The normalized spacial score (nSPS) is 21.2. The maximum Gasteiger partial charge on any atom is 0.169 e. The molecule has 0 radical (unpaired) electrons. The molecular weight excluding hydrogens is 271 g/mol. The minimum atomic E-state index is -0.310. The fourth-order valence-corrected chi connectivity index (χ4v) is 2.92. The number of halogens is 1.